The Morgan fingerprint density at radius 3 is 2.68 bits per heavy atom. The van der Waals surface area contributed by atoms with Crippen LogP contribution in [0.3, 0.4) is 0 Å². The molecule has 0 saturated heterocycles. The Balaban J connectivity index is 1.51. The second kappa shape index (κ2) is 6.37. The molecule has 3 rings (SSSR count). The van der Waals surface area contributed by atoms with Crippen LogP contribution in [0.15, 0.2) is 24.3 Å². The van der Waals surface area contributed by atoms with E-state index in [2.05, 4.69) is 16.7 Å². The quantitative estimate of drug-likeness (QED) is 0.792. The number of rotatable bonds is 4. The molecule has 2 bridgehead atoms. The maximum absolute atomic E-state index is 12.1. The second-order valence-corrected chi connectivity index (χ2v) is 6.34. The third kappa shape index (κ3) is 2.93. The van der Waals surface area contributed by atoms with Crippen molar-refractivity contribution < 1.29 is 9.90 Å². The third-order valence-corrected chi connectivity index (χ3v) is 5.13. The molecule has 0 radical (unpaired) electrons. The number of amides is 2. The number of fused-ring (bicyclic) bond motifs is 2. The van der Waals surface area contributed by atoms with Crippen molar-refractivity contribution >= 4 is 6.03 Å². The molecule has 22 heavy (non-hydrogen) atoms. The highest BCUT2D eigenvalue weighted by Gasteiger charge is 2.47. The van der Waals surface area contributed by atoms with Crippen LogP contribution in [0, 0.1) is 29.1 Å². The van der Waals surface area contributed by atoms with E-state index in [9.17, 15) is 9.90 Å². The molecular formula is C17H21N3O2. The number of aliphatic hydroxyl groups excluding tert-OH is 1. The normalized spacial score (nSPS) is 29.1. The van der Waals surface area contributed by atoms with E-state index >= 15 is 0 Å². The summed E-state index contributed by atoms with van der Waals surface area (Å²) >= 11 is 0. The van der Waals surface area contributed by atoms with E-state index in [0.29, 0.717) is 23.9 Å². The number of nitrogens with zero attached hydrogens (tertiary/aromatic N) is 1. The average Bonchev–Trinajstić information content (AvgIpc) is 3.14. The summed E-state index contributed by atoms with van der Waals surface area (Å²) in [5, 5.41) is 24.2. The summed E-state index contributed by atoms with van der Waals surface area (Å²) in [6.07, 6.45) is 3.47. The minimum Gasteiger partial charge on any atom is -0.396 e. The maximum atomic E-state index is 12.1. The molecule has 2 saturated carbocycles. The van der Waals surface area contributed by atoms with Gasteiger partial charge in [-0.25, -0.2) is 4.79 Å². The fourth-order valence-corrected chi connectivity index (χ4v) is 3.98. The summed E-state index contributed by atoms with van der Waals surface area (Å²) in [7, 11) is 0. The van der Waals surface area contributed by atoms with Gasteiger partial charge in [-0.3, -0.25) is 0 Å². The monoisotopic (exact) mass is 299 g/mol. The lowest BCUT2D eigenvalue weighted by atomic mass is 9.85. The zero-order valence-electron chi connectivity index (χ0n) is 12.5. The molecule has 2 fully saturated rings. The van der Waals surface area contributed by atoms with Gasteiger partial charge >= 0.3 is 6.03 Å². The lowest BCUT2D eigenvalue weighted by Crippen LogP contribution is -2.48. The van der Waals surface area contributed by atoms with Crippen LogP contribution >= 0.6 is 0 Å². The first kappa shape index (κ1) is 14.9. The summed E-state index contributed by atoms with van der Waals surface area (Å²) < 4.78 is 0. The van der Waals surface area contributed by atoms with Crippen molar-refractivity contribution in [2.24, 2.45) is 17.8 Å². The largest absolute Gasteiger partial charge is 0.396 e. The highest BCUT2D eigenvalue weighted by atomic mass is 16.3. The average molecular weight is 299 g/mol. The van der Waals surface area contributed by atoms with Gasteiger partial charge in [0.2, 0.25) is 0 Å². The molecule has 1 aromatic carbocycles. The molecule has 5 nitrogen and oxygen atoms in total. The Morgan fingerprint density at radius 1 is 1.27 bits per heavy atom. The van der Waals surface area contributed by atoms with Gasteiger partial charge in [0.25, 0.3) is 0 Å². The molecule has 4 atom stereocenters. The molecule has 3 N–H and O–H groups in total. The molecule has 0 aliphatic heterocycles. The minimum atomic E-state index is -0.180. The number of carbonyl (C=O) groups excluding carboxylic acids is 1. The Labute approximate surface area is 130 Å². The number of hydrogen-bond acceptors (Lipinski definition) is 3. The molecule has 2 aliphatic carbocycles. The van der Waals surface area contributed by atoms with Gasteiger partial charge in [0.15, 0.2) is 0 Å². The minimum absolute atomic E-state index is 0.102. The Bertz CT molecular complexity index is 579. The fraction of sp³-hybridized carbons (Fsp3) is 0.529. The number of hydrogen-bond donors (Lipinski definition) is 3. The summed E-state index contributed by atoms with van der Waals surface area (Å²) in [5.41, 5.74) is 1.57. The molecule has 1 aromatic rings. The molecule has 116 valence electrons. The van der Waals surface area contributed by atoms with E-state index in [-0.39, 0.29) is 24.6 Å². The molecule has 2 aliphatic rings. The summed E-state index contributed by atoms with van der Waals surface area (Å²) in [6, 6.07) is 9.16. The Kier molecular flexibility index (Phi) is 4.30. The van der Waals surface area contributed by atoms with Crippen molar-refractivity contribution in [3.05, 3.63) is 35.4 Å². The topological polar surface area (TPSA) is 85.2 Å². The van der Waals surface area contributed by atoms with E-state index in [1.807, 2.05) is 12.1 Å². The van der Waals surface area contributed by atoms with Crippen molar-refractivity contribution in [2.45, 2.75) is 31.8 Å². The number of aliphatic hydroxyl groups is 1. The second-order valence-electron chi connectivity index (χ2n) is 6.34. The molecule has 2 amide bonds. The van der Waals surface area contributed by atoms with Crippen LogP contribution in [-0.2, 0) is 6.54 Å². The standard InChI is InChI=1S/C17H21N3O2/c18-8-11-1-3-12(4-2-11)9-19-17(22)20-16-14-6-5-13(7-14)15(16)10-21/h1-4,13-16,21H,5-7,9-10H2,(H2,19,20,22). The van der Waals surface area contributed by atoms with E-state index in [0.717, 1.165) is 18.4 Å². The van der Waals surface area contributed by atoms with Gasteiger partial charge in [-0.1, -0.05) is 12.1 Å². The zero-order valence-corrected chi connectivity index (χ0v) is 12.5. The molecule has 0 aromatic heterocycles. The maximum Gasteiger partial charge on any atom is 0.315 e. The number of benzene rings is 1. The number of nitrogens with one attached hydrogen (secondary N) is 2. The number of urea groups is 1. The van der Waals surface area contributed by atoms with Crippen molar-refractivity contribution in [3.8, 4) is 6.07 Å². The van der Waals surface area contributed by atoms with Crippen molar-refractivity contribution in [1.29, 1.82) is 5.26 Å². The van der Waals surface area contributed by atoms with Crippen LogP contribution < -0.4 is 10.6 Å². The van der Waals surface area contributed by atoms with Crippen LogP contribution in [0.4, 0.5) is 4.79 Å². The first-order valence-corrected chi connectivity index (χ1v) is 7.85. The predicted molar refractivity (Wildman–Crippen MR) is 81.7 cm³/mol. The van der Waals surface area contributed by atoms with E-state index in [4.69, 9.17) is 5.26 Å². The first-order chi connectivity index (χ1) is 10.7. The summed E-state index contributed by atoms with van der Waals surface area (Å²) in [4.78, 5) is 12.1. The van der Waals surface area contributed by atoms with E-state index in [1.54, 1.807) is 12.1 Å². The molecule has 5 heteroatoms. The van der Waals surface area contributed by atoms with E-state index < -0.39 is 0 Å². The van der Waals surface area contributed by atoms with Gasteiger partial charge in [-0.05, 0) is 48.8 Å². The smallest absolute Gasteiger partial charge is 0.315 e. The van der Waals surface area contributed by atoms with Gasteiger partial charge in [0.05, 0.1) is 11.6 Å². The molecule has 0 heterocycles. The lowest BCUT2D eigenvalue weighted by molar-refractivity contribution is 0.144. The Morgan fingerprint density at radius 2 is 2.00 bits per heavy atom. The van der Waals surface area contributed by atoms with Gasteiger partial charge in [0.1, 0.15) is 0 Å². The van der Waals surface area contributed by atoms with Gasteiger partial charge < -0.3 is 15.7 Å². The SMILES string of the molecule is N#Cc1ccc(CNC(=O)NC2C3CCC(C3)C2CO)cc1. The number of nitriles is 1. The van der Waals surface area contributed by atoms with Crippen LogP contribution in [0.5, 0.6) is 0 Å². The van der Waals surface area contributed by atoms with Crippen LogP contribution in [0.2, 0.25) is 0 Å². The van der Waals surface area contributed by atoms with Gasteiger partial charge in [-0.15, -0.1) is 0 Å². The van der Waals surface area contributed by atoms with Crippen molar-refractivity contribution in [3.63, 3.8) is 0 Å². The Hall–Kier alpha value is -2.06. The zero-order chi connectivity index (χ0) is 15.5. The van der Waals surface area contributed by atoms with Crippen LogP contribution in [0.1, 0.15) is 30.4 Å². The first-order valence-electron chi connectivity index (χ1n) is 7.85. The van der Waals surface area contributed by atoms with Crippen LogP contribution in [-0.4, -0.2) is 23.8 Å². The molecule has 0 spiro atoms. The van der Waals surface area contributed by atoms with Gasteiger partial charge in [0, 0.05) is 25.1 Å². The molecule has 4 unspecified atom stereocenters. The molecular weight excluding hydrogens is 278 g/mol. The van der Waals surface area contributed by atoms with Gasteiger partial charge in [-0.2, -0.15) is 5.26 Å². The predicted octanol–water partition coefficient (Wildman–Crippen LogP) is 1.76. The third-order valence-electron chi connectivity index (χ3n) is 5.13. The number of carbonyl (C=O) groups is 1. The van der Waals surface area contributed by atoms with Crippen LogP contribution in [0.25, 0.3) is 0 Å². The lowest BCUT2D eigenvalue weighted by Gasteiger charge is -2.30. The highest BCUT2D eigenvalue weighted by molar-refractivity contribution is 5.74. The fourth-order valence-electron chi connectivity index (χ4n) is 3.98. The van der Waals surface area contributed by atoms with Crippen molar-refractivity contribution in [2.75, 3.05) is 6.61 Å². The summed E-state index contributed by atoms with van der Waals surface area (Å²) in [5.74, 6) is 1.29. The highest BCUT2D eigenvalue weighted by Crippen LogP contribution is 2.48. The van der Waals surface area contributed by atoms with E-state index in [1.165, 1.54) is 6.42 Å². The van der Waals surface area contributed by atoms with Crippen molar-refractivity contribution in [1.82, 2.24) is 10.6 Å². The summed E-state index contributed by atoms with van der Waals surface area (Å²) in [6.45, 7) is 0.587.